The Balaban J connectivity index is 1.35. The molecule has 1 aliphatic heterocycles. The Labute approximate surface area is 196 Å². The molecule has 2 amide bonds. The molecular weight excluding hydrogens is 441 g/mol. The molecule has 2 aromatic carbocycles. The van der Waals surface area contributed by atoms with Crippen LogP contribution in [0.2, 0.25) is 0 Å². The maximum atomic E-state index is 13.2. The summed E-state index contributed by atoms with van der Waals surface area (Å²) in [5.74, 6) is -0.751. The predicted octanol–water partition coefficient (Wildman–Crippen LogP) is 4.49. The number of rotatable bonds is 7. The van der Waals surface area contributed by atoms with Gasteiger partial charge in [0.25, 0.3) is 5.91 Å². The number of halogens is 1. The molecule has 0 saturated carbocycles. The highest BCUT2D eigenvalue weighted by atomic mass is 32.1. The van der Waals surface area contributed by atoms with Gasteiger partial charge in [-0.1, -0.05) is 12.1 Å². The van der Waals surface area contributed by atoms with Crippen molar-refractivity contribution >= 4 is 34.5 Å². The van der Waals surface area contributed by atoms with Gasteiger partial charge in [0.15, 0.2) is 0 Å². The molecule has 3 aromatic rings. The Kier molecular flexibility index (Phi) is 7.36. The second kappa shape index (κ2) is 10.6. The van der Waals surface area contributed by atoms with E-state index in [2.05, 4.69) is 10.2 Å². The fraction of sp³-hybridized carbons (Fsp3) is 0.280. The monoisotopic (exact) mass is 467 g/mol. The topological polar surface area (TPSA) is 61.9 Å². The summed E-state index contributed by atoms with van der Waals surface area (Å²) < 4.78 is 18.5. The number of morpholine rings is 1. The van der Waals surface area contributed by atoms with E-state index in [9.17, 15) is 14.0 Å². The van der Waals surface area contributed by atoms with Gasteiger partial charge in [-0.25, -0.2) is 4.39 Å². The number of carbonyl (C=O) groups excluding carboxylic acids is 2. The van der Waals surface area contributed by atoms with Crippen LogP contribution in [0.1, 0.15) is 16.6 Å². The summed E-state index contributed by atoms with van der Waals surface area (Å²) in [5.41, 5.74) is 2.63. The number of likely N-dealkylation sites (N-methyl/N-ethyl adjacent to an activating group) is 1. The normalized spacial score (nSPS) is 13.6. The molecule has 0 atom stereocenters. The van der Waals surface area contributed by atoms with Gasteiger partial charge in [0.05, 0.1) is 18.1 Å². The highest BCUT2D eigenvalue weighted by molar-refractivity contribution is 7.17. The van der Waals surface area contributed by atoms with E-state index in [4.69, 9.17) is 4.74 Å². The van der Waals surface area contributed by atoms with Crippen molar-refractivity contribution in [1.29, 1.82) is 0 Å². The lowest BCUT2D eigenvalue weighted by Crippen LogP contribution is -2.37. The van der Waals surface area contributed by atoms with Gasteiger partial charge in [0, 0.05) is 35.9 Å². The molecule has 2 heterocycles. The molecule has 1 aromatic heterocycles. The SMILES string of the molecule is CCN(CC(=O)Nc1ccc(N2CCOCC2)cc1)C(=O)c1ccc(-c2ccc(F)cc2)s1. The van der Waals surface area contributed by atoms with Crippen molar-refractivity contribution in [2.24, 2.45) is 0 Å². The first-order valence-electron chi connectivity index (χ1n) is 10.9. The average molecular weight is 468 g/mol. The van der Waals surface area contributed by atoms with Crippen molar-refractivity contribution < 1.29 is 18.7 Å². The summed E-state index contributed by atoms with van der Waals surface area (Å²) >= 11 is 1.33. The number of nitrogens with zero attached hydrogens (tertiary/aromatic N) is 2. The Morgan fingerprint density at radius 1 is 1.03 bits per heavy atom. The summed E-state index contributed by atoms with van der Waals surface area (Å²) in [6, 6.07) is 17.4. The molecule has 1 aliphatic rings. The first-order valence-corrected chi connectivity index (χ1v) is 11.7. The van der Waals surface area contributed by atoms with Crippen LogP contribution in [0.4, 0.5) is 15.8 Å². The number of hydrogen-bond acceptors (Lipinski definition) is 5. The van der Waals surface area contributed by atoms with E-state index in [1.165, 1.54) is 28.4 Å². The fourth-order valence-corrected chi connectivity index (χ4v) is 4.64. The van der Waals surface area contributed by atoms with Crippen LogP contribution in [0.5, 0.6) is 0 Å². The molecule has 1 N–H and O–H groups in total. The van der Waals surface area contributed by atoms with Crippen LogP contribution in [-0.2, 0) is 9.53 Å². The molecule has 6 nitrogen and oxygen atoms in total. The minimum absolute atomic E-state index is 0.0374. The minimum Gasteiger partial charge on any atom is -0.378 e. The number of hydrogen-bond donors (Lipinski definition) is 1. The molecule has 172 valence electrons. The van der Waals surface area contributed by atoms with E-state index < -0.39 is 0 Å². The van der Waals surface area contributed by atoms with Crippen molar-refractivity contribution in [2.45, 2.75) is 6.92 Å². The smallest absolute Gasteiger partial charge is 0.264 e. The second-order valence-corrected chi connectivity index (χ2v) is 8.77. The highest BCUT2D eigenvalue weighted by Gasteiger charge is 2.20. The second-order valence-electron chi connectivity index (χ2n) is 7.68. The number of nitrogens with one attached hydrogen (secondary N) is 1. The molecule has 0 spiro atoms. The van der Waals surface area contributed by atoms with Gasteiger partial charge in [-0.05, 0) is 61.0 Å². The lowest BCUT2D eigenvalue weighted by atomic mass is 10.2. The van der Waals surface area contributed by atoms with Crippen LogP contribution < -0.4 is 10.2 Å². The first kappa shape index (κ1) is 22.9. The Morgan fingerprint density at radius 2 is 1.73 bits per heavy atom. The van der Waals surface area contributed by atoms with Crippen LogP contribution in [0, 0.1) is 5.82 Å². The maximum absolute atomic E-state index is 13.2. The molecule has 0 unspecified atom stereocenters. The van der Waals surface area contributed by atoms with Gasteiger partial charge in [-0.3, -0.25) is 9.59 Å². The van der Waals surface area contributed by atoms with Gasteiger partial charge in [0.2, 0.25) is 5.91 Å². The summed E-state index contributed by atoms with van der Waals surface area (Å²) in [6.07, 6.45) is 0. The fourth-order valence-electron chi connectivity index (χ4n) is 3.66. The van der Waals surface area contributed by atoms with E-state index in [0.29, 0.717) is 17.1 Å². The molecular formula is C25H26FN3O3S. The number of amides is 2. The third-order valence-corrected chi connectivity index (χ3v) is 6.60. The maximum Gasteiger partial charge on any atom is 0.264 e. The van der Waals surface area contributed by atoms with Crippen molar-refractivity contribution in [3.8, 4) is 10.4 Å². The number of anilines is 2. The van der Waals surface area contributed by atoms with Gasteiger partial charge >= 0.3 is 0 Å². The molecule has 4 rings (SSSR count). The first-order chi connectivity index (χ1) is 16.0. The van der Waals surface area contributed by atoms with Gasteiger partial charge in [-0.15, -0.1) is 11.3 Å². The van der Waals surface area contributed by atoms with Gasteiger partial charge in [0.1, 0.15) is 12.4 Å². The van der Waals surface area contributed by atoms with Crippen molar-refractivity contribution in [2.75, 3.05) is 49.6 Å². The zero-order valence-corrected chi connectivity index (χ0v) is 19.2. The highest BCUT2D eigenvalue weighted by Crippen LogP contribution is 2.29. The Morgan fingerprint density at radius 3 is 2.39 bits per heavy atom. The lowest BCUT2D eigenvalue weighted by Gasteiger charge is -2.29. The van der Waals surface area contributed by atoms with E-state index in [1.54, 1.807) is 18.2 Å². The number of thiophene rings is 1. The average Bonchev–Trinajstić information content (AvgIpc) is 3.34. The molecule has 8 heteroatoms. The number of benzene rings is 2. The lowest BCUT2D eigenvalue weighted by molar-refractivity contribution is -0.116. The van der Waals surface area contributed by atoms with E-state index in [0.717, 1.165) is 42.4 Å². The number of ether oxygens (including phenoxy) is 1. The van der Waals surface area contributed by atoms with Gasteiger partial charge in [-0.2, -0.15) is 0 Å². The third-order valence-electron chi connectivity index (χ3n) is 5.48. The molecule has 1 fully saturated rings. The zero-order chi connectivity index (χ0) is 23.2. The molecule has 1 saturated heterocycles. The Hall–Kier alpha value is -3.23. The van der Waals surface area contributed by atoms with Crippen LogP contribution >= 0.6 is 11.3 Å². The van der Waals surface area contributed by atoms with Crippen LogP contribution in [-0.4, -0.2) is 56.1 Å². The quantitative estimate of drug-likeness (QED) is 0.556. The molecule has 0 radical (unpaired) electrons. The van der Waals surface area contributed by atoms with Crippen molar-refractivity contribution in [1.82, 2.24) is 4.90 Å². The van der Waals surface area contributed by atoms with Crippen LogP contribution in [0.25, 0.3) is 10.4 Å². The van der Waals surface area contributed by atoms with Gasteiger partial charge < -0.3 is 19.9 Å². The van der Waals surface area contributed by atoms with Crippen molar-refractivity contribution in [3.05, 3.63) is 71.4 Å². The van der Waals surface area contributed by atoms with Crippen LogP contribution in [0.3, 0.4) is 0 Å². The van der Waals surface area contributed by atoms with E-state index in [1.807, 2.05) is 37.3 Å². The zero-order valence-electron chi connectivity index (χ0n) is 18.4. The van der Waals surface area contributed by atoms with Crippen LogP contribution in [0.15, 0.2) is 60.7 Å². The minimum atomic E-state index is -0.300. The predicted molar refractivity (Wildman–Crippen MR) is 129 cm³/mol. The standard InChI is InChI=1S/C25H26FN3O3S/c1-2-28(25(31)23-12-11-22(33-23)18-3-5-19(26)6-4-18)17-24(30)27-20-7-9-21(10-8-20)29-13-15-32-16-14-29/h3-12H,2,13-17H2,1H3,(H,27,30). The summed E-state index contributed by atoms with van der Waals surface area (Å²) in [5, 5.41) is 2.87. The molecule has 0 bridgehead atoms. The molecule has 0 aliphatic carbocycles. The van der Waals surface area contributed by atoms with E-state index >= 15 is 0 Å². The summed E-state index contributed by atoms with van der Waals surface area (Å²) in [7, 11) is 0. The van der Waals surface area contributed by atoms with E-state index in [-0.39, 0.29) is 24.2 Å². The third kappa shape index (κ3) is 5.77. The largest absolute Gasteiger partial charge is 0.378 e. The summed E-state index contributed by atoms with van der Waals surface area (Å²) in [6.45, 7) is 5.35. The number of carbonyl (C=O) groups is 2. The molecule has 33 heavy (non-hydrogen) atoms. The van der Waals surface area contributed by atoms with Crippen molar-refractivity contribution in [3.63, 3.8) is 0 Å². The Bertz CT molecular complexity index is 1090. The summed E-state index contributed by atoms with van der Waals surface area (Å²) in [4.78, 5) is 30.7.